The Labute approximate surface area is 165 Å². The van der Waals surface area contributed by atoms with Gasteiger partial charge in [0.2, 0.25) is 5.91 Å². The van der Waals surface area contributed by atoms with Crippen molar-refractivity contribution in [2.75, 3.05) is 12.9 Å². The largest absolute Gasteiger partial charge is 0.497 e. The third kappa shape index (κ3) is 4.48. The van der Waals surface area contributed by atoms with Crippen LogP contribution in [0.2, 0.25) is 0 Å². The number of nitrogens with zero attached hydrogens (tertiary/aromatic N) is 2. The fraction of sp³-hybridized carbons (Fsp3) is 0.263. The first-order valence-corrected chi connectivity index (χ1v) is 11.0. The Morgan fingerprint density at radius 1 is 1.21 bits per heavy atom. The van der Waals surface area contributed by atoms with Gasteiger partial charge >= 0.3 is 0 Å². The zero-order valence-electron chi connectivity index (χ0n) is 15.4. The van der Waals surface area contributed by atoms with Crippen LogP contribution < -0.4 is 9.54 Å². The van der Waals surface area contributed by atoms with Gasteiger partial charge in [0.15, 0.2) is 14.6 Å². The predicted molar refractivity (Wildman–Crippen MR) is 106 cm³/mol. The van der Waals surface area contributed by atoms with Gasteiger partial charge < -0.3 is 9.30 Å². The number of benzene rings is 2. The predicted octanol–water partition coefficient (Wildman–Crippen LogP) is 3.07. The van der Waals surface area contributed by atoms with Crippen LogP contribution in [0.25, 0.3) is 10.2 Å². The number of methoxy groups -OCH3 is 1. The summed E-state index contributed by atoms with van der Waals surface area (Å²) >= 11 is 1.36. The quantitative estimate of drug-likeness (QED) is 0.572. The van der Waals surface area contributed by atoms with E-state index in [0.717, 1.165) is 28.1 Å². The van der Waals surface area contributed by atoms with Crippen LogP contribution in [-0.2, 0) is 21.7 Å². The summed E-state index contributed by atoms with van der Waals surface area (Å²) in [6.07, 6.45) is 0.155. The van der Waals surface area contributed by atoms with Gasteiger partial charge in [0.25, 0.3) is 0 Å². The molecule has 148 valence electrons. The molecule has 1 aromatic heterocycles. The first-order chi connectivity index (χ1) is 13.3. The zero-order valence-corrected chi connectivity index (χ0v) is 17.0. The number of rotatable bonds is 6. The molecule has 0 radical (unpaired) electrons. The number of fused-ring (bicyclic) bond motifs is 1. The summed E-state index contributed by atoms with van der Waals surface area (Å²) in [4.78, 5) is 16.9. The Balaban J connectivity index is 1.69. The van der Waals surface area contributed by atoms with Crippen LogP contribution in [0.1, 0.15) is 12.8 Å². The highest BCUT2D eigenvalue weighted by Crippen LogP contribution is 2.22. The van der Waals surface area contributed by atoms with Crippen molar-refractivity contribution in [1.82, 2.24) is 4.57 Å². The van der Waals surface area contributed by atoms with Crippen molar-refractivity contribution in [2.24, 2.45) is 12.0 Å². The fourth-order valence-electron chi connectivity index (χ4n) is 2.68. The van der Waals surface area contributed by atoms with Crippen LogP contribution in [0.5, 0.6) is 5.75 Å². The average Bonchev–Trinajstić information content (AvgIpc) is 2.96. The van der Waals surface area contributed by atoms with Gasteiger partial charge in [-0.05, 0) is 48.9 Å². The summed E-state index contributed by atoms with van der Waals surface area (Å²) in [6.45, 7) is 0. The Morgan fingerprint density at radius 2 is 1.93 bits per heavy atom. The number of sulfone groups is 1. The highest BCUT2D eigenvalue weighted by Gasteiger charge is 2.15. The maximum absolute atomic E-state index is 12.9. The molecule has 9 heteroatoms. The Kier molecular flexibility index (Phi) is 5.95. The first-order valence-electron chi connectivity index (χ1n) is 8.49. The molecular weight excluding hydrogens is 403 g/mol. The van der Waals surface area contributed by atoms with Gasteiger partial charge in [-0.1, -0.05) is 11.3 Å². The summed E-state index contributed by atoms with van der Waals surface area (Å²) in [6, 6.07) is 10.3. The van der Waals surface area contributed by atoms with E-state index in [1.807, 2.05) is 29.8 Å². The molecule has 0 aliphatic heterocycles. The Bertz CT molecular complexity index is 1180. The van der Waals surface area contributed by atoms with E-state index < -0.39 is 15.7 Å². The monoisotopic (exact) mass is 422 g/mol. The molecule has 6 nitrogen and oxygen atoms in total. The maximum Gasteiger partial charge on any atom is 0.248 e. The molecule has 0 fully saturated rings. The normalized spacial score (nSPS) is 12.5. The molecule has 0 bridgehead atoms. The molecule has 0 N–H and O–H groups in total. The number of hydrogen-bond acceptors (Lipinski definition) is 5. The van der Waals surface area contributed by atoms with E-state index in [2.05, 4.69) is 4.99 Å². The van der Waals surface area contributed by atoms with E-state index in [1.165, 1.54) is 23.5 Å². The lowest BCUT2D eigenvalue weighted by molar-refractivity contribution is -0.118. The second-order valence-electron chi connectivity index (χ2n) is 6.16. The number of carbonyl (C=O) groups excluding carboxylic acids is 1. The minimum atomic E-state index is -3.56. The van der Waals surface area contributed by atoms with E-state index in [-0.39, 0.29) is 29.4 Å². The Morgan fingerprint density at radius 3 is 2.61 bits per heavy atom. The number of hydrogen-bond donors (Lipinski definition) is 0. The molecule has 0 saturated carbocycles. The van der Waals surface area contributed by atoms with Crippen LogP contribution in [0.3, 0.4) is 0 Å². The summed E-state index contributed by atoms with van der Waals surface area (Å²) < 4.78 is 45.4. The number of aryl methyl sites for hydroxylation is 1. The average molecular weight is 423 g/mol. The molecular formula is C19H19FN2O4S2. The standard InChI is InChI=1S/C19H19FN2O4S2/c1-22-16-10-7-14(26-2)12-17(16)27-19(22)21-18(23)4-3-11-28(24,25)15-8-5-13(20)6-9-15/h5-10,12H,3-4,11H2,1-2H3. The number of amides is 1. The van der Waals surface area contributed by atoms with E-state index in [9.17, 15) is 17.6 Å². The van der Waals surface area contributed by atoms with Crippen LogP contribution in [0.4, 0.5) is 4.39 Å². The molecule has 0 aliphatic carbocycles. The van der Waals surface area contributed by atoms with Crippen LogP contribution >= 0.6 is 11.3 Å². The van der Waals surface area contributed by atoms with E-state index in [1.54, 1.807) is 7.11 Å². The summed E-state index contributed by atoms with van der Waals surface area (Å²) in [5, 5.41) is 0. The van der Waals surface area contributed by atoms with Gasteiger partial charge in [-0.3, -0.25) is 4.79 Å². The first kappa shape index (κ1) is 20.2. The second kappa shape index (κ2) is 8.24. The molecule has 0 spiro atoms. The highest BCUT2D eigenvalue weighted by atomic mass is 32.2. The number of aromatic nitrogens is 1. The molecule has 2 aromatic carbocycles. The Hall–Kier alpha value is -2.52. The smallest absolute Gasteiger partial charge is 0.248 e. The third-order valence-corrected chi connectivity index (χ3v) is 7.12. The van der Waals surface area contributed by atoms with E-state index in [4.69, 9.17) is 4.74 Å². The lowest BCUT2D eigenvalue weighted by Gasteiger charge is -2.03. The van der Waals surface area contributed by atoms with Gasteiger partial charge in [-0.15, -0.1) is 0 Å². The molecule has 1 amide bonds. The lowest BCUT2D eigenvalue weighted by Crippen LogP contribution is -2.14. The van der Waals surface area contributed by atoms with E-state index in [0.29, 0.717) is 4.80 Å². The maximum atomic E-state index is 12.9. The van der Waals surface area contributed by atoms with Crippen LogP contribution in [0.15, 0.2) is 52.4 Å². The van der Waals surface area contributed by atoms with Crippen molar-refractivity contribution in [1.29, 1.82) is 0 Å². The molecule has 0 aliphatic rings. The van der Waals surface area contributed by atoms with Gasteiger partial charge in [-0.2, -0.15) is 4.99 Å². The van der Waals surface area contributed by atoms with Crippen molar-refractivity contribution in [3.05, 3.63) is 53.1 Å². The topological polar surface area (TPSA) is 77.7 Å². The fourth-order valence-corrected chi connectivity index (χ4v) is 5.06. The van der Waals surface area contributed by atoms with Gasteiger partial charge in [0.05, 0.1) is 28.0 Å². The van der Waals surface area contributed by atoms with Crippen LogP contribution in [-0.4, -0.2) is 31.8 Å². The van der Waals surface area contributed by atoms with Crippen molar-refractivity contribution in [3.63, 3.8) is 0 Å². The molecule has 0 unspecified atom stereocenters. The summed E-state index contributed by atoms with van der Waals surface area (Å²) in [5.74, 6) is -0.362. The van der Waals surface area contributed by atoms with Gasteiger partial charge in [0, 0.05) is 13.5 Å². The second-order valence-corrected chi connectivity index (χ2v) is 9.28. The SMILES string of the molecule is COc1ccc2c(c1)sc(=NC(=O)CCCS(=O)(=O)c1ccc(F)cc1)n2C. The molecule has 0 atom stereocenters. The lowest BCUT2D eigenvalue weighted by atomic mass is 10.3. The minimum Gasteiger partial charge on any atom is -0.497 e. The number of carbonyl (C=O) groups is 1. The molecule has 1 heterocycles. The molecule has 28 heavy (non-hydrogen) atoms. The minimum absolute atomic E-state index is 0.0119. The zero-order chi connectivity index (χ0) is 20.3. The number of halogens is 1. The summed E-state index contributed by atoms with van der Waals surface area (Å²) in [5.41, 5.74) is 0.927. The van der Waals surface area contributed by atoms with Gasteiger partial charge in [0.1, 0.15) is 11.6 Å². The van der Waals surface area contributed by atoms with Crippen molar-refractivity contribution in [2.45, 2.75) is 17.7 Å². The molecule has 3 rings (SSSR count). The summed E-state index contributed by atoms with van der Waals surface area (Å²) in [7, 11) is -0.156. The number of thiazole rings is 1. The van der Waals surface area contributed by atoms with Crippen molar-refractivity contribution in [3.8, 4) is 5.75 Å². The highest BCUT2D eigenvalue weighted by molar-refractivity contribution is 7.91. The van der Waals surface area contributed by atoms with Crippen LogP contribution in [0, 0.1) is 5.82 Å². The van der Waals surface area contributed by atoms with Crippen molar-refractivity contribution < 1.29 is 22.3 Å². The number of ether oxygens (including phenoxy) is 1. The van der Waals surface area contributed by atoms with Crippen molar-refractivity contribution >= 4 is 37.3 Å². The molecule has 3 aromatic rings. The van der Waals surface area contributed by atoms with Gasteiger partial charge in [-0.25, -0.2) is 12.8 Å². The van der Waals surface area contributed by atoms with E-state index >= 15 is 0 Å². The molecule has 0 saturated heterocycles. The third-order valence-electron chi connectivity index (χ3n) is 4.21.